The molecule has 6 heteroatoms. The molecule has 0 aliphatic rings. The molecule has 0 saturated carbocycles. The van der Waals surface area contributed by atoms with Crippen LogP contribution in [0.25, 0.3) is 0 Å². The molecule has 112 valence electrons. The van der Waals surface area contributed by atoms with Gasteiger partial charge in [-0.2, -0.15) is 0 Å². The molecule has 0 radical (unpaired) electrons. The Kier molecular flexibility index (Phi) is 6.08. The Labute approximate surface area is 146 Å². The SMILES string of the molecule is COc1ccc(Br)cc1CC(NN)c1cccc(Br)c1Cl. The molecule has 0 heterocycles. The van der Waals surface area contributed by atoms with Crippen LogP contribution in [0.4, 0.5) is 0 Å². The predicted molar refractivity (Wildman–Crippen MR) is 93.6 cm³/mol. The Morgan fingerprint density at radius 3 is 2.71 bits per heavy atom. The first-order chi connectivity index (χ1) is 10.1. The topological polar surface area (TPSA) is 47.3 Å². The second-order valence-electron chi connectivity index (χ2n) is 4.52. The zero-order valence-electron chi connectivity index (χ0n) is 11.4. The van der Waals surface area contributed by atoms with E-state index in [2.05, 4.69) is 37.3 Å². The van der Waals surface area contributed by atoms with Crippen LogP contribution >= 0.6 is 43.5 Å². The quantitative estimate of drug-likeness (QED) is 0.533. The molecule has 0 amide bonds. The summed E-state index contributed by atoms with van der Waals surface area (Å²) >= 11 is 13.3. The summed E-state index contributed by atoms with van der Waals surface area (Å²) in [5, 5.41) is 0.661. The number of benzene rings is 2. The van der Waals surface area contributed by atoms with Crippen LogP contribution < -0.4 is 16.0 Å². The van der Waals surface area contributed by atoms with E-state index in [1.807, 2.05) is 36.4 Å². The van der Waals surface area contributed by atoms with Crippen LogP contribution in [0.2, 0.25) is 5.02 Å². The largest absolute Gasteiger partial charge is 0.496 e. The fourth-order valence-corrected chi connectivity index (χ4v) is 3.22. The van der Waals surface area contributed by atoms with E-state index in [-0.39, 0.29) is 6.04 Å². The second-order valence-corrected chi connectivity index (χ2v) is 6.67. The first-order valence-corrected chi connectivity index (χ1v) is 8.25. The van der Waals surface area contributed by atoms with Crippen LogP contribution in [0.3, 0.4) is 0 Å². The van der Waals surface area contributed by atoms with Crippen molar-refractivity contribution in [3.05, 3.63) is 61.5 Å². The van der Waals surface area contributed by atoms with E-state index in [1.54, 1.807) is 7.11 Å². The van der Waals surface area contributed by atoms with Crippen molar-refractivity contribution in [2.75, 3.05) is 7.11 Å². The maximum atomic E-state index is 6.35. The monoisotopic (exact) mass is 432 g/mol. The van der Waals surface area contributed by atoms with Crippen LogP contribution in [0.5, 0.6) is 5.75 Å². The van der Waals surface area contributed by atoms with Gasteiger partial charge in [-0.05, 0) is 57.7 Å². The van der Waals surface area contributed by atoms with Gasteiger partial charge in [0.2, 0.25) is 0 Å². The fourth-order valence-electron chi connectivity index (χ4n) is 2.17. The lowest BCUT2D eigenvalue weighted by Crippen LogP contribution is -2.30. The van der Waals surface area contributed by atoms with Gasteiger partial charge in [0.15, 0.2) is 0 Å². The van der Waals surface area contributed by atoms with Crippen LogP contribution in [0.15, 0.2) is 45.3 Å². The van der Waals surface area contributed by atoms with E-state index in [0.717, 1.165) is 25.8 Å². The highest BCUT2D eigenvalue weighted by molar-refractivity contribution is 9.10. The molecule has 0 aliphatic carbocycles. The van der Waals surface area contributed by atoms with Gasteiger partial charge in [0.1, 0.15) is 5.75 Å². The number of hydrogen-bond donors (Lipinski definition) is 2. The molecule has 1 atom stereocenters. The molecular weight excluding hydrogens is 419 g/mol. The van der Waals surface area contributed by atoms with Crippen LogP contribution in [0, 0.1) is 0 Å². The number of hydrazine groups is 1. The van der Waals surface area contributed by atoms with Gasteiger partial charge < -0.3 is 4.74 Å². The highest BCUT2D eigenvalue weighted by Crippen LogP contribution is 2.33. The molecule has 3 N–H and O–H groups in total. The summed E-state index contributed by atoms with van der Waals surface area (Å²) in [6.45, 7) is 0. The Morgan fingerprint density at radius 1 is 1.29 bits per heavy atom. The third-order valence-corrected chi connectivity index (χ3v) is 5.03. The standard InChI is InChI=1S/C15H15Br2ClN2O/c1-21-14-6-5-10(16)7-9(14)8-13(20-19)11-3-2-4-12(17)15(11)18/h2-7,13,20H,8,19H2,1H3. The molecule has 0 spiro atoms. The van der Waals surface area contributed by atoms with Gasteiger partial charge in [-0.25, -0.2) is 0 Å². The number of halogens is 3. The highest BCUT2D eigenvalue weighted by atomic mass is 79.9. The lowest BCUT2D eigenvalue weighted by Gasteiger charge is -2.20. The van der Waals surface area contributed by atoms with Gasteiger partial charge >= 0.3 is 0 Å². The van der Waals surface area contributed by atoms with Crippen molar-refractivity contribution in [3.8, 4) is 5.75 Å². The lowest BCUT2D eigenvalue weighted by atomic mass is 9.98. The Bertz CT molecular complexity index is 637. The summed E-state index contributed by atoms with van der Waals surface area (Å²) in [7, 11) is 1.66. The van der Waals surface area contributed by atoms with Gasteiger partial charge in [-0.1, -0.05) is 39.7 Å². The molecule has 0 saturated heterocycles. The number of nitrogens with two attached hydrogens (primary N) is 1. The van der Waals surface area contributed by atoms with E-state index in [0.29, 0.717) is 11.4 Å². The van der Waals surface area contributed by atoms with Gasteiger partial charge in [0.05, 0.1) is 18.2 Å². The lowest BCUT2D eigenvalue weighted by molar-refractivity contribution is 0.405. The highest BCUT2D eigenvalue weighted by Gasteiger charge is 2.17. The molecule has 0 bridgehead atoms. The van der Waals surface area contributed by atoms with E-state index in [9.17, 15) is 0 Å². The van der Waals surface area contributed by atoms with Crippen molar-refractivity contribution >= 4 is 43.5 Å². The predicted octanol–water partition coefficient (Wildman–Crippen LogP) is 4.62. The minimum Gasteiger partial charge on any atom is -0.496 e. The number of nitrogens with one attached hydrogen (secondary N) is 1. The summed E-state index contributed by atoms with van der Waals surface area (Å²) in [5.74, 6) is 6.55. The average Bonchev–Trinajstić information content (AvgIpc) is 2.48. The van der Waals surface area contributed by atoms with Crippen molar-refractivity contribution in [1.82, 2.24) is 5.43 Å². The Balaban J connectivity index is 2.35. The van der Waals surface area contributed by atoms with Crippen LogP contribution in [-0.4, -0.2) is 7.11 Å². The molecule has 0 aromatic heterocycles. The van der Waals surface area contributed by atoms with Crippen molar-refractivity contribution in [2.24, 2.45) is 5.84 Å². The van der Waals surface area contributed by atoms with Crippen molar-refractivity contribution in [1.29, 1.82) is 0 Å². The van der Waals surface area contributed by atoms with Crippen molar-refractivity contribution < 1.29 is 4.74 Å². The number of rotatable bonds is 5. The van der Waals surface area contributed by atoms with E-state index in [1.165, 1.54) is 0 Å². The van der Waals surface area contributed by atoms with Crippen molar-refractivity contribution in [3.63, 3.8) is 0 Å². The number of methoxy groups -OCH3 is 1. The number of ether oxygens (including phenoxy) is 1. The summed E-state index contributed by atoms with van der Waals surface area (Å²) in [6, 6.07) is 11.6. The third kappa shape index (κ3) is 3.99. The van der Waals surface area contributed by atoms with E-state index >= 15 is 0 Å². The molecule has 1 unspecified atom stereocenters. The van der Waals surface area contributed by atoms with Gasteiger partial charge in [-0.15, -0.1) is 0 Å². The van der Waals surface area contributed by atoms with Crippen LogP contribution in [-0.2, 0) is 6.42 Å². The summed E-state index contributed by atoms with van der Waals surface area (Å²) in [6.07, 6.45) is 0.662. The minimum atomic E-state index is -0.113. The first-order valence-electron chi connectivity index (χ1n) is 6.29. The average molecular weight is 435 g/mol. The van der Waals surface area contributed by atoms with Gasteiger partial charge in [0.25, 0.3) is 0 Å². The summed E-state index contributed by atoms with van der Waals surface area (Å²) in [4.78, 5) is 0. The molecule has 21 heavy (non-hydrogen) atoms. The molecule has 2 rings (SSSR count). The van der Waals surface area contributed by atoms with E-state index < -0.39 is 0 Å². The normalized spacial score (nSPS) is 12.2. The minimum absolute atomic E-state index is 0.113. The Morgan fingerprint density at radius 2 is 2.05 bits per heavy atom. The maximum Gasteiger partial charge on any atom is 0.122 e. The Hall–Kier alpha value is -0.590. The first kappa shape index (κ1) is 16.8. The molecule has 0 fully saturated rings. The molecule has 2 aromatic carbocycles. The van der Waals surface area contributed by atoms with Gasteiger partial charge in [0, 0.05) is 8.95 Å². The fraction of sp³-hybridized carbons (Fsp3) is 0.200. The molecule has 3 nitrogen and oxygen atoms in total. The summed E-state index contributed by atoms with van der Waals surface area (Å²) < 4.78 is 7.25. The van der Waals surface area contributed by atoms with E-state index in [4.69, 9.17) is 22.2 Å². The smallest absolute Gasteiger partial charge is 0.122 e. The maximum absolute atomic E-state index is 6.35. The van der Waals surface area contributed by atoms with Crippen molar-refractivity contribution in [2.45, 2.75) is 12.5 Å². The second kappa shape index (κ2) is 7.61. The zero-order valence-corrected chi connectivity index (χ0v) is 15.3. The van der Waals surface area contributed by atoms with Crippen LogP contribution in [0.1, 0.15) is 17.2 Å². The molecule has 0 aliphatic heterocycles. The van der Waals surface area contributed by atoms with Gasteiger partial charge in [-0.3, -0.25) is 11.3 Å². The third-order valence-electron chi connectivity index (χ3n) is 3.22. The summed E-state index contributed by atoms with van der Waals surface area (Å²) in [5.41, 5.74) is 4.82. The number of hydrogen-bond acceptors (Lipinski definition) is 3. The molecule has 2 aromatic rings. The zero-order chi connectivity index (χ0) is 15.4. The molecular formula is C15H15Br2ClN2O.